The molecule has 0 aliphatic carbocycles. The van der Waals surface area contributed by atoms with Gasteiger partial charge in [-0.2, -0.15) is 0 Å². The third kappa shape index (κ3) is 8.29. The van der Waals surface area contributed by atoms with Gasteiger partial charge in [-0.05, 0) is 80.2 Å². The van der Waals surface area contributed by atoms with E-state index >= 15 is 0 Å². The average Bonchev–Trinajstić information content (AvgIpc) is 3.12. The highest BCUT2D eigenvalue weighted by atomic mass is 16.5. The fourth-order valence-electron chi connectivity index (χ4n) is 6.88. The summed E-state index contributed by atoms with van der Waals surface area (Å²) in [6.07, 6.45) is 0. The minimum absolute atomic E-state index is 0.192. The normalized spacial score (nSPS) is 15.7. The third-order valence-corrected chi connectivity index (χ3v) is 9.82. The van der Waals surface area contributed by atoms with Gasteiger partial charge in [-0.15, -0.1) is 0 Å². The van der Waals surface area contributed by atoms with E-state index in [0.717, 1.165) is 41.1 Å². The summed E-state index contributed by atoms with van der Waals surface area (Å²) in [5.74, 6) is 2.44. The van der Waals surface area contributed by atoms with Crippen LogP contribution in [0.1, 0.15) is 61.8 Å². The number of rotatable bonds is 12. The van der Waals surface area contributed by atoms with E-state index in [1.165, 1.54) is 7.11 Å². The molecule has 0 saturated carbocycles. The molecule has 2 aliphatic heterocycles. The number of likely N-dealkylation sites (N-methyl/N-ethyl adjacent to an activating group) is 2. The van der Waals surface area contributed by atoms with Crippen molar-refractivity contribution >= 4 is 11.9 Å². The Morgan fingerprint density at radius 2 is 1.02 bits per heavy atom. The van der Waals surface area contributed by atoms with Gasteiger partial charge in [0.05, 0.1) is 17.9 Å². The number of carbonyl (C=O) groups excluding carboxylic acids is 1. The van der Waals surface area contributed by atoms with Crippen molar-refractivity contribution < 1.29 is 38.4 Å². The number of hydrogen-bond donors (Lipinski definition) is 1. The van der Waals surface area contributed by atoms with E-state index in [9.17, 15) is 14.7 Å². The molecule has 2 aliphatic rings. The molecule has 0 spiro atoms. The maximum absolute atomic E-state index is 12.6. The SMILES string of the molecule is CN(C)CCOc1cccc2c1Oc1ccccc1C2C(C)(C)C(=O)O.COC(=O)C(C)(C)C1c2ccccc2Oc2c(OCCN(C)C)cccc21. The second-order valence-corrected chi connectivity index (χ2v) is 15.0. The number of fused-ring (bicyclic) bond motifs is 4. The first-order chi connectivity index (χ1) is 25.2. The van der Waals surface area contributed by atoms with E-state index in [2.05, 4.69) is 4.90 Å². The highest BCUT2D eigenvalue weighted by Gasteiger charge is 2.46. The lowest BCUT2D eigenvalue weighted by Gasteiger charge is -2.37. The number of benzene rings is 4. The molecule has 0 amide bonds. The summed E-state index contributed by atoms with van der Waals surface area (Å²) in [4.78, 5) is 28.7. The molecule has 0 aromatic heterocycles. The molecule has 0 fully saturated rings. The number of aliphatic carboxylic acids is 1. The maximum atomic E-state index is 12.6. The molecule has 10 nitrogen and oxygen atoms in total. The van der Waals surface area contributed by atoms with Crippen molar-refractivity contribution in [3.8, 4) is 34.5 Å². The summed E-state index contributed by atoms with van der Waals surface area (Å²) in [5, 5.41) is 9.84. The summed E-state index contributed by atoms with van der Waals surface area (Å²) in [7, 11) is 9.41. The first-order valence-electron chi connectivity index (χ1n) is 17.8. The Bertz CT molecular complexity index is 1920. The number of carboxylic acids is 1. The Kier molecular flexibility index (Phi) is 12.0. The average molecular weight is 725 g/mol. The zero-order valence-electron chi connectivity index (χ0n) is 32.3. The minimum Gasteiger partial charge on any atom is -0.488 e. The topological polar surface area (TPSA) is 107 Å². The quantitative estimate of drug-likeness (QED) is 0.144. The number of ether oxygens (including phenoxy) is 5. The van der Waals surface area contributed by atoms with Crippen LogP contribution >= 0.6 is 0 Å². The molecule has 1 N–H and O–H groups in total. The predicted octanol–water partition coefficient (Wildman–Crippen LogP) is 8.04. The van der Waals surface area contributed by atoms with Crippen LogP contribution < -0.4 is 18.9 Å². The van der Waals surface area contributed by atoms with Crippen molar-refractivity contribution in [3.05, 3.63) is 107 Å². The monoisotopic (exact) mass is 724 g/mol. The van der Waals surface area contributed by atoms with E-state index in [4.69, 9.17) is 23.7 Å². The number of carbonyl (C=O) groups is 2. The Morgan fingerprint density at radius 1 is 0.623 bits per heavy atom. The number of carboxylic acid groups (broad SMARTS) is 1. The van der Waals surface area contributed by atoms with E-state index in [1.807, 2.05) is 132 Å². The second-order valence-electron chi connectivity index (χ2n) is 15.0. The van der Waals surface area contributed by atoms with Gasteiger partial charge in [-0.25, -0.2) is 0 Å². The summed E-state index contributed by atoms with van der Waals surface area (Å²) in [6.45, 7) is 10.0. The van der Waals surface area contributed by atoms with Gasteiger partial charge in [-0.3, -0.25) is 9.59 Å². The van der Waals surface area contributed by atoms with E-state index in [1.54, 1.807) is 13.8 Å². The first kappa shape index (κ1) is 39.2. The number of nitrogens with zero attached hydrogens (tertiary/aromatic N) is 2. The van der Waals surface area contributed by atoms with Crippen LogP contribution in [-0.4, -0.2) is 88.4 Å². The van der Waals surface area contributed by atoms with Crippen molar-refractivity contribution in [2.45, 2.75) is 39.5 Å². The van der Waals surface area contributed by atoms with Crippen LogP contribution in [0.4, 0.5) is 0 Å². The molecular formula is C43H52N2O8. The van der Waals surface area contributed by atoms with Crippen LogP contribution in [0.25, 0.3) is 0 Å². The summed E-state index contributed by atoms with van der Waals surface area (Å²) >= 11 is 0. The lowest BCUT2D eigenvalue weighted by molar-refractivity contribution is -0.151. The van der Waals surface area contributed by atoms with Crippen LogP contribution in [0.3, 0.4) is 0 Å². The Labute approximate surface area is 313 Å². The van der Waals surface area contributed by atoms with E-state index in [-0.39, 0.29) is 17.8 Å². The highest BCUT2D eigenvalue weighted by molar-refractivity contribution is 5.80. The fraction of sp³-hybridized carbons (Fsp3) is 0.395. The van der Waals surface area contributed by atoms with Gasteiger partial charge < -0.3 is 38.6 Å². The van der Waals surface area contributed by atoms with Gasteiger partial charge in [0.2, 0.25) is 0 Å². The smallest absolute Gasteiger partial charge is 0.312 e. The van der Waals surface area contributed by atoms with E-state index in [0.29, 0.717) is 42.0 Å². The van der Waals surface area contributed by atoms with Crippen LogP contribution in [0.5, 0.6) is 34.5 Å². The summed E-state index contributed by atoms with van der Waals surface area (Å²) in [6, 6.07) is 27.0. The number of methoxy groups -OCH3 is 1. The fourth-order valence-corrected chi connectivity index (χ4v) is 6.88. The molecule has 0 saturated heterocycles. The second kappa shape index (κ2) is 16.3. The van der Waals surface area contributed by atoms with Gasteiger partial charge in [0, 0.05) is 47.2 Å². The van der Waals surface area contributed by atoms with Gasteiger partial charge in [0.15, 0.2) is 23.0 Å². The molecule has 4 aromatic rings. The van der Waals surface area contributed by atoms with Gasteiger partial charge in [0.25, 0.3) is 0 Å². The lowest BCUT2D eigenvalue weighted by Crippen LogP contribution is -2.34. The zero-order valence-corrected chi connectivity index (χ0v) is 32.3. The van der Waals surface area contributed by atoms with E-state index < -0.39 is 16.8 Å². The molecule has 2 heterocycles. The van der Waals surface area contributed by atoms with Crippen LogP contribution in [0, 0.1) is 10.8 Å². The molecule has 2 unspecified atom stereocenters. The van der Waals surface area contributed by atoms with Crippen molar-refractivity contribution in [2.75, 3.05) is 61.6 Å². The molecule has 10 heteroatoms. The minimum atomic E-state index is -0.989. The van der Waals surface area contributed by atoms with Gasteiger partial charge in [-0.1, -0.05) is 60.7 Å². The largest absolute Gasteiger partial charge is 0.488 e. The highest BCUT2D eigenvalue weighted by Crippen LogP contribution is 2.56. The van der Waals surface area contributed by atoms with Gasteiger partial charge >= 0.3 is 11.9 Å². The number of hydrogen-bond acceptors (Lipinski definition) is 9. The van der Waals surface area contributed by atoms with Gasteiger partial charge in [0.1, 0.15) is 24.7 Å². The maximum Gasteiger partial charge on any atom is 0.312 e. The van der Waals surface area contributed by atoms with Crippen LogP contribution in [0.15, 0.2) is 84.9 Å². The standard InChI is InChI=1S/C22H27NO4.C21H25NO4/c1-22(2,21(24)25-5)19-15-9-6-7-11-17(15)27-20-16(19)10-8-12-18(20)26-14-13-23(3)4;1-21(2,20(23)24)18-14-8-5-6-10-16(14)26-19-15(18)9-7-11-17(19)25-13-12-22(3)4/h6-12,19H,13-14H2,1-5H3;5-11,18H,12-13H2,1-4H3,(H,23,24). The third-order valence-electron chi connectivity index (χ3n) is 9.82. The summed E-state index contributed by atoms with van der Waals surface area (Å²) < 4.78 is 29.4. The Morgan fingerprint density at radius 3 is 1.42 bits per heavy atom. The molecule has 6 rings (SSSR count). The molecule has 0 radical (unpaired) electrons. The zero-order chi connectivity index (χ0) is 38.5. The van der Waals surface area contributed by atoms with Crippen molar-refractivity contribution in [3.63, 3.8) is 0 Å². The van der Waals surface area contributed by atoms with Crippen LogP contribution in [-0.2, 0) is 14.3 Å². The molecule has 53 heavy (non-hydrogen) atoms. The Balaban J connectivity index is 0.000000204. The molecule has 282 valence electrons. The van der Waals surface area contributed by atoms with Crippen molar-refractivity contribution in [2.24, 2.45) is 10.8 Å². The number of para-hydroxylation sites is 4. The molecule has 4 aromatic carbocycles. The number of esters is 1. The molecule has 2 atom stereocenters. The summed E-state index contributed by atoms with van der Waals surface area (Å²) in [5.41, 5.74) is 1.90. The Hall–Kier alpha value is -5.06. The van der Waals surface area contributed by atoms with Crippen molar-refractivity contribution in [1.29, 1.82) is 0 Å². The first-order valence-corrected chi connectivity index (χ1v) is 17.8. The molecule has 0 bridgehead atoms. The molecular weight excluding hydrogens is 672 g/mol. The van der Waals surface area contributed by atoms with Crippen LogP contribution in [0.2, 0.25) is 0 Å². The predicted molar refractivity (Wildman–Crippen MR) is 205 cm³/mol. The van der Waals surface area contributed by atoms with Crippen molar-refractivity contribution in [1.82, 2.24) is 9.80 Å². The lowest BCUT2D eigenvalue weighted by atomic mass is 9.70.